The molecular weight excluding hydrogens is 172 g/mol. The minimum Gasteiger partial charge on any atom is -0.326 e. The molecule has 1 aliphatic rings. The Balaban J connectivity index is 2.20. The van der Waals surface area contributed by atoms with Crippen molar-refractivity contribution in [3.05, 3.63) is 41.7 Å². The molecule has 2 heterocycles. The maximum absolute atomic E-state index is 4.61. The molecule has 2 nitrogen and oxygen atoms in total. The van der Waals surface area contributed by atoms with Gasteiger partial charge in [-0.25, -0.2) is 4.98 Å². The molecular formula is C12H12N2. The molecule has 0 radical (unpaired) electrons. The molecule has 1 aromatic heterocycles. The number of hydrogen-bond acceptors (Lipinski definition) is 1. The van der Waals surface area contributed by atoms with E-state index >= 15 is 0 Å². The van der Waals surface area contributed by atoms with E-state index in [4.69, 9.17) is 0 Å². The first-order chi connectivity index (χ1) is 6.88. The van der Waals surface area contributed by atoms with Gasteiger partial charge in [0.2, 0.25) is 0 Å². The minimum absolute atomic E-state index is 0.985. The highest BCUT2D eigenvalue weighted by Crippen LogP contribution is 2.30. The molecule has 0 amide bonds. The van der Waals surface area contributed by atoms with Crippen LogP contribution >= 0.6 is 0 Å². The van der Waals surface area contributed by atoms with E-state index in [9.17, 15) is 0 Å². The molecule has 1 aliphatic heterocycles. The SMILES string of the molecule is CCc1cn2c(n1)-c1ccccc1C2. The Morgan fingerprint density at radius 2 is 2.21 bits per heavy atom. The number of aromatic nitrogens is 2. The van der Waals surface area contributed by atoms with Crippen LogP contribution in [-0.4, -0.2) is 9.55 Å². The molecule has 0 atom stereocenters. The van der Waals surface area contributed by atoms with Crippen molar-refractivity contribution in [1.29, 1.82) is 0 Å². The highest BCUT2D eigenvalue weighted by molar-refractivity contribution is 5.64. The summed E-state index contributed by atoms with van der Waals surface area (Å²) in [5, 5.41) is 0. The van der Waals surface area contributed by atoms with Crippen LogP contribution in [0.2, 0.25) is 0 Å². The fourth-order valence-corrected chi connectivity index (χ4v) is 2.04. The first-order valence-corrected chi connectivity index (χ1v) is 5.03. The summed E-state index contributed by atoms with van der Waals surface area (Å²) in [6.07, 6.45) is 3.18. The van der Waals surface area contributed by atoms with Gasteiger partial charge >= 0.3 is 0 Å². The zero-order valence-corrected chi connectivity index (χ0v) is 8.20. The lowest BCUT2D eigenvalue weighted by Gasteiger charge is -1.95. The number of benzene rings is 1. The van der Waals surface area contributed by atoms with Gasteiger partial charge in [0, 0.05) is 18.3 Å². The molecule has 0 spiro atoms. The van der Waals surface area contributed by atoms with Crippen molar-refractivity contribution in [3.63, 3.8) is 0 Å². The van der Waals surface area contributed by atoms with Gasteiger partial charge in [-0.2, -0.15) is 0 Å². The summed E-state index contributed by atoms with van der Waals surface area (Å²) >= 11 is 0. The van der Waals surface area contributed by atoms with Gasteiger partial charge in [-0.05, 0) is 12.0 Å². The lowest BCUT2D eigenvalue weighted by atomic mass is 10.1. The Hall–Kier alpha value is -1.57. The van der Waals surface area contributed by atoms with E-state index in [-0.39, 0.29) is 0 Å². The van der Waals surface area contributed by atoms with Crippen LogP contribution < -0.4 is 0 Å². The summed E-state index contributed by atoms with van der Waals surface area (Å²) in [7, 11) is 0. The summed E-state index contributed by atoms with van der Waals surface area (Å²) in [6, 6.07) is 8.50. The number of rotatable bonds is 1. The molecule has 0 fully saturated rings. The molecule has 14 heavy (non-hydrogen) atoms. The molecule has 2 aromatic rings. The van der Waals surface area contributed by atoms with E-state index in [1.54, 1.807) is 0 Å². The van der Waals surface area contributed by atoms with Gasteiger partial charge in [-0.15, -0.1) is 0 Å². The lowest BCUT2D eigenvalue weighted by Crippen LogP contribution is -1.89. The van der Waals surface area contributed by atoms with E-state index in [1.807, 2.05) is 0 Å². The predicted molar refractivity (Wildman–Crippen MR) is 56.1 cm³/mol. The first-order valence-electron chi connectivity index (χ1n) is 5.03. The quantitative estimate of drug-likeness (QED) is 0.568. The van der Waals surface area contributed by atoms with Gasteiger partial charge in [0.15, 0.2) is 0 Å². The molecule has 0 saturated carbocycles. The fourth-order valence-electron chi connectivity index (χ4n) is 2.04. The van der Waals surface area contributed by atoms with Crippen molar-refractivity contribution < 1.29 is 0 Å². The Morgan fingerprint density at radius 3 is 3.07 bits per heavy atom. The van der Waals surface area contributed by atoms with Gasteiger partial charge in [-0.3, -0.25) is 0 Å². The second-order valence-electron chi connectivity index (χ2n) is 3.69. The molecule has 0 unspecified atom stereocenters. The summed E-state index contributed by atoms with van der Waals surface area (Å²) in [5.74, 6) is 1.14. The number of fused-ring (bicyclic) bond motifs is 3. The van der Waals surface area contributed by atoms with Crippen molar-refractivity contribution in [2.24, 2.45) is 0 Å². The number of hydrogen-bond donors (Lipinski definition) is 0. The van der Waals surface area contributed by atoms with Crippen LogP contribution in [-0.2, 0) is 13.0 Å². The predicted octanol–water partition coefficient (Wildman–Crippen LogP) is 2.47. The van der Waals surface area contributed by atoms with E-state index < -0.39 is 0 Å². The van der Waals surface area contributed by atoms with Crippen LogP contribution in [0.3, 0.4) is 0 Å². The summed E-state index contributed by atoms with van der Waals surface area (Å²) in [4.78, 5) is 4.61. The summed E-state index contributed by atoms with van der Waals surface area (Å²) < 4.78 is 2.24. The first kappa shape index (κ1) is 7.80. The molecule has 2 heteroatoms. The standard InChI is InChI=1S/C12H12N2/c1-2-10-8-14-7-9-5-3-4-6-11(9)12(14)13-10/h3-6,8H,2,7H2,1H3. The van der Waals surface area contributed by atoms with E-state index in [2.05, 4.69) is 46.9 Å². The topological polar surface area (TPSA) is 17.8 Å². The smallest absolute Gasteiger partial charge is 0.140 e. The number of nitrogens with zero attached hydrogens (tertiary/aromatic N) is 2. The largest absolute Gasteiger partial charge is 0.326 e. The summed E-state index contributed by atoms with van der Waals surface area (Å²) in [6.45, 7) is 3.13. The van der Waals surface area contributed by atoms with E-state index in [0.717, 1.165) is 18.8 Å². The van der Waals surface area contributed by atoms with E-state index in [0.29, 0.717) is 0 Å². The molecule has 0 aliphatic carbocycles. The molecule has 0 N–H and O–H groups in total. The second kappa shape index (κ2) is 2.71. The van der Waals surface area contributed by atoms with Crippen molar-refractivity contribution >= 4 is 0 Å². The Kier molecular flexibility index (Phi) is 1.51. The third-order valence-electron chi connectivity index (χ3n) is 2.79. The van der Waals surface area contributed by atoms with Gasteiger partial charge in [0.05, 0.1) is 5.69 Å². The van der Waals surface area contributed by atoms with Crippen molar-refractivity contribution in [2.75, 3.05) is 0 Å². The molecule has 1 aromatic carbocycles. The van der Waals surface area contributed by atoms with Crippen molar-refractivity contribution in [2.45, 2.75) is 19.9 Å². The van der Waals surface area contributed by atoms with Crippen molar-refractivity contribution in [1.82, 2.24) is 9.55 Å². The second-order valence-corrected chi connectivity index (χ2v) is 3.69. The highest BCUT2D eigenvalue weighted by atomic mass is 15.1. The van der Waals surface area contributed by atoms with Gasteiger partial charge in [0.25, 0.3) is 0 Å². The number of imidazole rings is 1. The molecule has 0 saturated heterocycles. The van der Waals surface area contributed by atoms with Gasteiger partial charge in [0.1, 0.15) is 5.82 Å². The molecule has 3 rings (SSSR count). The average Bonchev–Trinajstić information content (AvgIpc) is 2.73. The monoisotopic (exact) mass is 184 g/mol. The highest BCUT2D eigenvalue weighted by Gasteiger charge is 2.19. The van der Waals surface area contributed by atoms with E-state index in [1.165, 1.54) is 16.8 Å². The lowest BCUT2D eigenvalue weighted by molar-refractivity contribution is 0.844. The third kappa shape index (κ3) is 0.939. The Morgan fingerprint density at radius 1 is 1.36 bits per heavy atom. The Labute approximate surface area is 83.2 Å². The van der Waals surface area contributed by atoms with Crippen LogP contribution in [0.4, 0.5) is 0 Å². The van der Waals surface area contributed by atoms with Crippen LogP contribution in [0, 0.1) is 0 Å². The van der Waals surface area contributed by atoms with Crippen LogP contribution in [0.5, 0.6) is 0 Å². The molecule has 70 valence electrons. The average molecular weight is 184 g/mol. The zero-order valence-electron chi connectivity index (χ0n) is 8.20. The van der Waals surface area contributed by atoms with Gasteiger partial charge < -0.3 is 4.57 Å². The number of aryl methyl sites for hydroxylation is 1. The molecule has 0 bridgehead atoms. The summed E-state index contributed by atoms with van der Waals surface area (Å²) in [5.41, 5.74) is 3.87. The van der Waals surface area contributed by atoms with Crippen LogP contribution in [0.25, 0.3) is 11.4 Å². The van der Waals surface area contributed by atoms with Crippen molar-refractivity contribution in [3.8, 4) is 11.4 Å². The normalized spacial score (nSPS) is 12.6. The maximum Gasteiger partial charge on any atom is 0.140 e. The Bertz CT molecular complexity index is 483. The fraction of sp³-hybridized carbons (Fsp3) is 0.250. The minimum atomic E-state index is 0.985. The maximum atomic E-state index is 4.61. The zero-order chi connectivity index (χ0) is 9.54. The third-order valence-corrected chi connectivity index (χ3v) is 2.79. The van der Waals surface area contributed by atoms with Gasteiger partial charge in [-0.1, -0.05) is 31.2 Å². The van der Waals surface area contributed by atoms with Crippen LogP contribution in [0.15, 0.2) is 30.5 Å². The van der Waals surface area contributed by atoms with Crippen LogP contribution in [0.1, 0.15) is 18.2 Å².